The Morgan fingerprint density at radius 1 is 1.21 bits per heavy atom. The van der Waals surface area contributed by atoms with Crippen LogP contribution in [-0.4, -0.2) is 55.2 Å². The monoisotopic (exact) mass is 414 g/mol. The first kappa shape index (κ1) is 22.3. The van der Waals surface area contributed by atoms with Crippen LogP contribution in [0.4, 0.5) is 13.2 Å². The minimum Gasteiger partial charge on any atom is -0.496 e. The van der Waals surface area contributed by atoms with Crippen LogP contribution in [0.3, 0.4) is 0 Å². The number of rotatable bonds is 6. The van der Waals surface area contributed by atoms with E-state index in [0.717, 1.165) is 12.0 Å². The highest BCUT2D eigenvalue weighted by molar-refractivity contribution is 6.12. The van der Waals surface area contributed by atoms with Crippen LogP contribution in [0.2, 0.25) is 0 Å². The summed E-state index contributed by atoms with van der Waals surface area (Å²) in [6.45, 7) is 2.81. The first-order valence-electron chi connectivity index (χ1n) is 8.70. The van der Waals surface area contributed by atoms with Crippen LogP contribution < -0.4 is 10.1 Å². The Morgan fingerprint density at radius 2 is 1.83 bits per heavy atom. The van der Waals surface area contributed by atoms with Gasteiger partial charge in [-0.25, -0.2) is 4.79 Å². The Kier molecular flexibility index (Phi) is 6.24. The summed E-state index contributed by atoms with van der Waals surface area (Å²) >= 11 is 0. The fourth-order valence-corrected chi connectivity index (χ4v) is 3.28. The number of esters is 1. The van der Waals surface area contributed by atoms with Crippen LogP contribution in [0, 0.1) is 0 Å². The Labute approximate surface area is 165 Å². The third-order valence-corrected chi connectivity index (χ3v) is 4.62. The maximum absolute atomic E-state index is 14.3. The van der Waals surface area contributed by atoms with Crippen LogP contribution in [-0.2, 0) is 14.3 Å². The molecule has 158 valence electrons. The van der Waals surface area contributed by atoms with Gasteiger partial charge >= 0.3 is 12.1 Å². The van der Waals surface area contributed by atoms with E-state index in [4.69, 9.17) is 4.74 Å². The number of benzene rings is 1. The van der Waals surface area contributed by atoms with Gasteiger partial charge in [0.2, 0.25) is 0 Å². The topological polar surface area (TPSA) is 84.9 Å². The molecule has 0 radical (unpaired) electrons. The number of hydrogen-bond donors (Lipinski definition) is 1. The summed E-state index contributed by atoms with van der Waals surface area (Å²) in [5.74, 6) is -4.03. The van der Waals surface area contributed by atoms with Crippen molar-refractivity contribution in [1.29, 1.82) is 0 Å². The lowest BCUT2D eigenvalue weighted by Gasteiger charge is -2.33. The van der Waals surface area contributed by atoms with Crippen molar-refractivity contribution in [1.82, 2.24) is 10.2 Å². The van der Waals surface area contributed by atoms with Crippen LogP contribution in [0.1, 0.15) is 30.6 Å². The minimum absolute atomic E-state index is 0.0125. The highest BCUT2D eigenvalue weighted by Gasteiger charge is 2.70. The Morgan fingerprint density at radius 3 is 2.34 bits per heavy atom. The van der Waals surface area contributed by atoms with Gasteiger partial charge in [-0.15, -0.1) is 0 Å². The van der Waals surface area contributed by atoms with Gasteiger partial charge in [0.05, 0.1) is 19.8 Å². The van der Waals surface area contributed by atoms with Crippen molar-refractivity contribution in [2.75, 3.05) is 20.8 Å². The van der Waals surface area contributed by atoms with Gasteiger partial charge < -0.3 is 19.7 Å². The number of allylic oxidation sites excluding steroid dienone is 1. The first-order valence-corrected chi connectivity index (χ1v) is 8.70. The quantitative estimate of drug-likeness (QED) is 0.723. The molecule has 0 saturated heterocycles. The number of hydrogen-bond acceptors (Lipinski definition) is 5. The number of carbonyl (C=O) groups excluding carboxylic acids is 3. The van der Waals surface area contributed by atoms with Gasteiger partial charge in [0, 0.05) is 12.2 Å². The number of ether oxygens (including phenoxy) is 2. The van der Waals surface area contributed by atoms with Gasteiger partial charge in [-0.2, -0.15) is 13.2 Å². The van der Waals surface area contributed by atoms with E-state index in [9.17, 15) is 27.6 Å². The fraction of sp³-hybridized carbons (Fsp3) is 0.421. The largest absolute Gasteiger partial charge is 0.496 e. The van der Waals surface area contributed by atoms with Crippen molar-refractivity contribution in [3.05, 3.63) is 41.1 Å². The average molecular weight is 414 g/mol. The maximum atomic E-state index is 14.3. The molecule has 0 aromatic heterocycles. The number of carbonyl (C=O) groups is 3. The van der Waals surface area contributed by atoms with Gasteiger partial charge in [-0.1, -0.05) is 19.1 Å². The highest BCUT2D eigenvalue weighted by atomic mass is 19.4. The molecule has 7 nitrogen and oxygen atoms in total. The van der Waals surface area contributed by atoms with Gasteiger partial charge in [0.25, 0.3) is 17.4 Å². The number of nitrogens with one attached hydrogen (secondary N) is 1. The molecule has 2 amide bonds. The summed E-state index contributed by atoms with van der Waals surface area (Å²) < 4.78 is 52.5. The summed E-state index contributed by atoms with van der Waals surface area (Å²) in [7, 11) is 2.15. The molecule has 2 rings (SSSR count). The molecule has 0 bridgehead atoms. The van der Waals surface area contributed by atoms with Gasteiger partial charge in [-0.05, 0) is 25.5 Å². The van der Waals surface area contributed by atoms with Crippen molar-refractivity contribution in [2.24, 2.45) is 0 Å². The van der Waals surface area contributed by atoms with E-state index in [1.165, 1.54) is 38.3 Å². The zero-order chi connectivity index (χ0) is 22.0. The van der Waals surface area contributed by atoms with Crippen molar-refractivity contribution >= 4 is 17.8 Å². The molecule has 1 aromatic rings. The van der Waals surface area contributed by atoms with E-state index >= 15 is 0 Å². The molecule has 0 aliphatic carbocycles. The summed E-state index contributed by atoms with van der Waals surface area (Å²) in [6.07, 6.45) is -4.97. The van der Waals surface area contributed by atoms with E-state index in [2.05, 4.69) is 4.74 Å². The second-order valence-corrected chi connectivity index (χ2v) is 6.31. The predicted octanol–water partition coefficient (Wildman–Crippen LogP) is 2.43. The molecule has 1 aliphatic heterocycles. The molecule has 29 heavy (non-hydrogen) atoms. The number of alkyl halides is 3. The average Bonchev–Trinajstić information content (AvgIpc) is 2.89. The van der Waals surface area contributed by atoms with Crippen molar-refractivity contribution in [3.8, 4) is 5.75 Å². The third kappa shape index (κ3) is 3.54. The Bertz CT molecular complexity index is 866. The second-order valence-electron chi connectivity index (χ2n) is 6.31. The number of methoxy groups -OCH3 is 2. The normalized spacial score (nSPS) is 19.4. The zero-order valence-corrected chi connectivity index (χ0v) is 16.3. The number of halogens is 3. The molecule has 10 heteroatoms. The minimum atomic E-state index is -5.31. The third-order valence-electron chi connectivity index (χ3n) is 4.62. The van der Waals surface area contributed by atoms with Crippen LogP contribution in [0.25, 0.3) is 0 Å². The van der Waals surface area contributed by atoms with Crippen LogP contribution in [0.15, 0.2) is 35.5 Å². The molecule has 1 aromatic carbocycles. The van der Waals surface area contributed by atoms with E-state index in [1.54, 1.807) is 12.2 Å². The van der Waals surface area contributed by atoms with E-state index in [0.29, 0.717) is 6.42 Å². The van der Waals surface area contributed by atoms with Gasteiger partial charge in [-0.3, -0.25) is 9.59 Å². The lowest BCUT2D eigenvalue weighted by molar-refractivity contribution is -0.192. The number of nitrogens with zero attached hydrogens (tertiary/aromatic N) is 1. The lowest BCUT2D eigenvalue weighted by atomic mass is 9.88. The summed E-state index contributed by atoms with van der Waals surface area (Å²) in [6, 6.07) is 5.59. The Balaban J connectivity index is 2.69. The van der Waals surface area contributed by atoms with Crippen molar-refractivity contribution < 1.29 is 37.0 Å². The van der Waals surface area contributed by atoms with Crippen molar-refractivity contribution in [3.63, 3.8) is 0 Å². The summed E-state index contributed by atoms with van der Waals surface area (Å²) in [5, 5.41) is 1.76. The van der Waals surface area contributed by atoms with Crippen molar-refractivity contribution in [2.45, 2.75) is 32.0 Å². The maximum Gasteiger partial charge on any atom is 0.425 e. The molecule has 0 unspecified atom stereocenters. The lowest BCUT2D eigenvalue weighted by Crippen LogP contribution is -2.66. The Hall–Kier alpha value is -3.04. The van der Waals surface area contributed by atoms with E-state index < -0.39 is 35.1 Å². The zero-order valence-electron chi connectivity index (χ0n) is 16.3. The molecular formula is C19H21F3N2O5. The molecule has 0 fully saturated rings. The number of amides is 2. The van der Waals surface area contributed by atoms with Crippen LogP contribution >= 0.6 is 0 Å². The predicted molar refractivity (Wildman–Crippen MR) is 96.0 cm³/mol. The molecule has 1 heterocycles. The van der Waals surface area contributed by atoms with Gasteiger partial charge in [0.15, 0.2) is 0 Å². The molecule has 1 aliphatic rings. The SMILES string of the molecule is CCCN1C(=O)[C@](NC(=O)c2ccccc2OC)(C(F)(F)F)C(C(=O)OC)=C1C. The molecule has 1 N–H and O–H groups in total. The molecule has 1 atom stereocenters. The van der Waals surface area contributed by atoms with E-state index in [-0.39, 0.29) is 23.6 Å². The fourth-order valence-electron chi connectivity index (χ4n) is 3.28. The van der Waals surface area contributed by atoms with Gasteiger partial charge in [0.1, 0.15) is 11.3 Å². The first-order chi connectivity index (χ1) is 13.6. The highest BCUT2D eigenvalue weighted by Crippen LogP contribution is 2.45. The van der Waals surface area contributed by atoms with E-state index in [1.807, 2.05) is 0 Å². The molecule has 0 spiro atoms. The summed E-state index contributed by atoms with van der Waals surface area (Å²) in [4.78, 5) is 38.8. The molecular weight excluding hydrogens is 393 g/mol. The molecule has 0 saturated carbocycles. The second kappa shape index (κ2) is 8.14. The standard InChI is InChI=1S/C19H21F3N2O5/c1-5-10-24-11(2)14(16(26)29-4)18(17(24)27,19(20,21)22)23-15(25)12-8-6-7-9-13(12)28-3/h6-9H,5,10H2,1-4H3,(H,23,25)/t18-/m0/s1. The summed E-state index contributed by atoms with van der Waals surface area (Å²) in [5.41, 5.74) is -4.98. The van der Waals surface area contributed by atoms with Crippen LogP contribution in [0.5, 0.6) is 5.75 Å². The number of para-hydroxylation sites is 1. The smallest absolute Gasteiger partial charge is 0.425 e.